The third kappa shape index (κ3) is 1.97. The van der Waals surface area contributed by atoms with Gasteiger partial charge in [-0.3, -0.25) is 19.1 Å². The Bertz CT molecular complexity index is 791. The van der Waals surface area contributed by atoms with Gasteiger partial charge in [0.25, 0.3) is 11.5 Å². The third-order valence-corrected chi connectivity index (χ3v) is 2.61. The van der Waals surface area contributed by atoms with Crippen LogP contribution in [0.3, 0.4) is 0 Å². The van der Waals surface area contributed by atoms with E-state index in [4.69, 9.17) is 0 Å². The van der Waals surface area contributed by atoms with E-state index in [1.165, 1.54) is 23.0 Å². The van der Waals surface area contributed by atoms with E-state index in [1.807, 2.05) is 0 Å². The largest absolute Gasteiger partial charge is 0.319 e. The van der Waals surface area contributed by atoms with E-state index in [1.54, 1.807) is 24.4 Å². The summed E-state index contributed by atoms with van der Waals surface area (Å²) in [5.41, 5.74) is 0.548. The van der Waals surface area contributed by atoms with E-state index in [2.05, 4.69) is 20.5 Å². The lowest BCUT2D eigenvalue weighted by molar-refractivity contribution is 0.102. The second-order valence-electron chi connectivity index (χ2n) is 3.85. The van der Waals surface area contributed by atoms with E-state index >= 15 is 0 Å². The zero-order chi connectivity index (χ0) is 13.2. The average molecular weight is 255 g/mol. The highest BCUT2D eigenvalue weighted by Gasteiger charge is 2.13. The standard InChI is InChI=1S/C12H9N5O2/c18-11(16-8-5-14-15-6-8)9-7-13-10-3-1-2-4-17(10)12(9)19/h1-7H,(H,14,15)(H,16,18). The summed E-state index contributed by atoms with van der Waals surface area (Å²) >= 11 is 0. The lowest BCUT2D eigenvalue weighted by Gasteiger charge is -2.03. The monoisotopic (exact) mass is 255 g/mol. The van der Waals surface area contributed by atoms with Gasteiger partial charge in [-0.05, 0) is 12.1 Å². The summed E-state index contributed by atoms with van der Waals surface area (Å²) in [6.45, 7) is 0. The lowest BCUT2D eigenvalue weighted by atomic mass is 10.3. The zero-order valence-corrected chi connectivity index (χ0v) is 9.70. The van der Waals surface area contributed by atoms with Crippen molar-refractivity contribution in [3.8, 4) is 0 Å². The number of pyridine rings is 1. The van der Waals surface area contributed by atoms with Gasteiger partial charge >= 0.3 is 0 Å². The molecule has 0 saturated carbocycles. The van der Waals surface area contributed by atoms with Crippen molar-refractivity contribution in [2.24, 2.45) is 0 Å². The summed E-state index contributed by atoms with van der Waals surface area (Å²) in [5, 5.41) is 8.83. The molecule has 0 fully saturated rings. The van der Waals surface area contributed by atoms with Gasteiger partial charge in [0.05, 0.1) is 11.9 Å². The van der Waals surface area contributed by atoms with Crippen molar-refractivity contribution in [1.29, 1.82) is 0 Å². The molecular formula is C12H9N5O2. The number of aromatic nitrogens is 4. The Labute approximate surface area is 106 Å². The van der Waals surface area contributed by atoms with Crippen LogP contribution in [0, 0.1) is 0 Å². The summed E-state index contributed by atoms with van der Waals surface area (Å²) < 4.78 is 1.32. The maximum absolute atomic E-state index is 12.1. The molecule has 0 spiro atoms. The quantitative estimate of drug-likeness (QED) is 0.704. The topological polar surface area (TPSA) is 92.2 Å². The van der Waals surface area contributed by atoms with Gasteiger partial charge in [0.2, 0.25) is 0 Å². The highest BCUT2D eigenvalue weighted by atomic mass is 16.2. The molecule has 0 aliphatic heterocycles. The molecule has 3 aromatic heterocycles. The molecule has 0 aromatic carbocycles. The molecule has 0 radical (unpaired) electrons. The molecule has 0 unspecified atom stereocenters. The van der Waals surface area contributed by atoms with Crippen molar-refractivity contribution >= 4 is 17.2 Å². The second-order valence-corrected chi connectivity index (χ2v) is 3.85. The van der Waals surface area contributed by atoms with Crippen molar-refractivity contribution < 1.29 is 4.79 Å². The van der Waals surface area contributed by atoms with Gasteiger partial charge in [-0.1, -0.05) is 6.07 Å². The minimum Gasteiger partial charge on any atom is -0.319 e. The Hall–Kier alpha value is -2.96. The predicted octanol–water partition coefficient (Wildman–Crippen LogP) is 0.670. The average Bonchev–Trinajstić information content (AvgIpc) is 2.92. The molecule has 0 bridgehead atoms. The van der Waals surface area contributed by atoms with Crippen molar-refractivity contribution in [1.82, 2.24) is 19.6 Å². The van der Waals surface area contributed by atoms with E-state index in [0.717, 1.165) is 0 Å². The van der Waals surface area contributed by atoms with Crippen LogP contribution in [0.2, 0.25) is 0 Å². The van der Waals surface area contributed by atoms with E-state index in [0.29, 0.717) is 11.3 Å². The summed E-state index contributed by atoms with van der Waals surface area (Å²) in [5.74, 6) is -0.517. The number of aromatic amines is 1. The number of amides is 1. The van der Waals surface area contributed by atoms with Gasteiger partial charge in [0.15, 0.2) is 0 Å². The van der Waals surface area contributed by atoms with E-state index in [9.17, 15) is 9.59 Å². The number of carbonyl (C=O) groups excluding carboxylic acids is 1. The van der Waals surface area contributed by atoms with Crippen molar-refractivity contribution in [3.63, 3.8) is 0 Å². The second kappa shape index (κ2) is 4.37. The summed E-state index contributed by atoms with van der Waals surface area (Å²) in [6.07, 6.45) is 5.81. The summed E-state index contributed by atoms with van der Waals surface area (Å²) in [6, 6.07) is 5.17. The molecule has 0 aliphatic carbocycles. The Morgan fingerprint density at radius 1 is 1.32 bits per heavy atom. The zero-order valence-electron chi connectivity index (χ0n) is 9.70. The molecule has 94 valence electrons. The minimum absolute atomic E-state index is 0.0232. The fourth-order valence-corrected chi connectivity index (χ4v) is 1.70. The maximum atomic E-state index is 12.1. The van der Waals surface area contributed by atoms with Crippen LogP contribution >= 0.6 is 0 Å². The first kappa shape index (κ1) is 11.1. The number of nitrogens with one attached hydrogen (secondary N) is 2. The number of H-pyrrole nitrogens is 1. The molecule has 19 heavy (non-hydrogen) atoms. The predicted molar refractivity (Wildman–Crippen MR) is 68.0 cm³/mol. The highest BCUT2D eigenvalue weighted by Crippen LogP contribution is 2.04. The number of fused-ring (bicyclic) bond motifs is 1. The normalized spacial score (nSPS) is 10.5. The minimum atomic E-state index is -0.517. The first-order valence-corrected chi connectivity index (χ1v) is 5.52. The first-order chi connectivity index (χ1) is 9.25. The molecule has 3 aromatic rings. The Morgan fingerprint density at radius 2 is 2.21 bits per heavy atom. The molecule has 1 amide bonds. The van der Waals surface area contributed by atoms with Gasteiger partial charge in [0.1, 0.15) is 11.2 Å². The van der Waals surface area contributed by atoms with Crippen LogP contribution in [-0.4, -0.2) is 25.5 Å². The Kier molecular flexibility index (Phi) is 2.57. The molecule has 7 heteroatoms. The number of nitrogens with zero attached hydrogens (tertiary/aromatic N) is 3. The molecule has 3 heterocycles. The molecule has 2 N–H and O–H groups in total. The smallest absolute Gasteiger partial charge is 0.270 e. The molecule has 0 atom stereocenters. The van der Waals surface area contributed by atoms with Crippen LogP contribution in [0.4, 0.5) is 5.69 Å². The highest BCUT2D eigenvalue weighted by molar-refractivity contribution is 6.03. The maximum Gasteiger partial charge on any atom is 0.270 e. The molecule has 0 aliphatic rings. The van der Waals surface area contributed by atoms with Crippen LogP contribution in [-0.2, 0) is 0 Å². The fraction of sp³-hybridized carbons (Fsp3) is 0. The molecule has 7 nitrogen and oxygen atoms in total. The van der Waals surface area contributed by atoms with Crippen LogP contribution in [0.25, 0.3) is 5.65 Å². The van der Waals surface area contributed by atoms with E-state index < -0.39 is 11.5 Å². The molecule has 0 saturated heterocycles. The van der Waals surface area contributed by atoms with Gasteiger partial charge in [-0.25, -0.2) is 4.98 Å². The van der Waals surface area contributed by atoms with Gasteiger partial charge in [-0.2, -0.15) is 5.10 Å². The summed E-state index contributed by atoms with van der Waals surface area (Å²) in [4.78, 5) is 28.2. The van der Waals surface area contributed by atoms with Gasteiger partial charge < -0.3 is 5.32 Å². The van der Waals surface area contributed by atoms with E-state index in [-0.39, 0.29) is 5.56 Å². The number of carbonyl (C=O) groups is 1. The Morgan fingerprint density at radius 3 is 3.00 bits per heavy atom. The SMILES string of the molecule is O=C(Nc1cn[nH]c1)c1cnc2ccccn2c1=O. The Balaban J connectivity index is 2.03. The summed E-state index contributed by atoms with van der Waals surface area (Å²) in [7, 11) is 0. The van der Waals surface area contributed by atoms with Crippen LogP contribution < -0.4 is 10.9 Å². The van der Waals surface area contributed by atoms with Crippen molar-refractivity contribution in [3.05, 3.63) is 58.9 Å². The fourth-order valence-electron chi connectivity index (χ4n) is 1.70. The van der Waals surface area contributed by atoms with Gasteiger partial charge in [-0.15, -0.1) is 0 Å². The third-order valence-electron chi connectivity index (χ3n) is 2.61. The number of hydrogen-bond donors (Lipinski definition) is 2. The molecular weight excluding hydrogens is 246 g/mol. The van der Waals surface area contributed by atoms with Crippen LogP contribution in [0.5, 0.6) is 0 Å². The number of anilines is 1. The van der Waals surface area contributed by atoms with Gasteiger partial charge in [0, 0.05) is 18.6 Å². The van der Waals surface area contributed by atoms with Crippen LogP contribution in [0.15, 0.2) is 47.8 Å². The number of hydrogen-bond acceptors (Lipinski definition) is 4. The van der Waals surface area contributed by atoms with Crippen LogP contribution in [0.1, 0.15) is 10.4 Å². The molecule has 3 rings (SSSR count). The first-order valence-electron chi connectivity index (χ1n) is 5.52. The number of rotatable bonds is 2. The lowest BCUT2D eigenvalue weighted by Crippen LogP contribution is -2.26. The van der Waals surface area contributed by atoms with Crippen molar-refractivity contribution in [2.45, 2.75) is 0 Å². The van der Waals surface area contributed by atoms with Crippen molar-refractivity contribution in [2.75, 3.05) is 5.32 Å².